The van der Waals surface area contributed by atoms with Crippen molar-refractivity contribution >= 4 is 22.2 Å². The van der Waals surface area contributed by atoms with Crippen LogP contribution in [-0.2, 0) is 0 Å². The Kier molecular flexibility index (Phi) is 4.86. The van der Waals surface area contributed by atoms with Gasteiger partial charge in [-0.1, -0.05) is 6.07 Å². The van der Waals surface area contributed by atoms with Crippen LogP contribution in [0.4, 0.5) is 10.8 Å². The molecule has 2 aromatic carbocycles. The van der Waals surface area contributed by atoms with Crippen LogP contribution in [0.25, 0.3) is 11.3 Å². The Morgan fingerprint density at radius 2 is 1.71 bits per heavy atom. The van der Waals surface area contributed by atoms with Crippen LogP contribution in [0.1, 0.15) is 0 Å². The van der Waals surface area contributed by atoms with E-state index in [1.54, 1.807) is 21.3 Å². The monoisotopic (exact) mass is 342 g/mol. The first-order valence-corrected chi connectivity index (χ1v) is 8.20. The molecule has 0 unspecified atom stereocenters. The second-order valence-corrected chi connectivity index (χ2v) is 5.82. The molecule has 1 N–H and O–H groups in total. The van der Waals surface area contributed by atoms with E-state index in [2.05, 4.69) is 10.3 Å². The Balaban J connectivity index is 1.85. The molecule has 0 aliphatic heterocycles. The Labute approximate surface area is 144 Å². The van der Waals surface area contributed by atoms with E-state index in [-0.39, 0.29) is 0 Å². The van der Waals surface area contributed by atoms with Gasteiger partial charge in [0.25, 0.3) is 0 Å². The number of ether oxygens (including phenoxy) is 3. The molecule has 1 heterocycles. The SMILES string of the molecule is COc1cccc(Nc2nc(-c3ccc(OC)cc3OC)cs2)c1. The minimum Gasteiger partial charge on any atom is -0.497 e. The zero-order valence-corrected chi connectivity index (χ0v) is 14.5. The van der Waals surface area contributed by atoms with E-state index < -0.39 is 0 Å². The summed E-state index contributed by atoms with van der Waals surface area (Å²) in [6, 6.07) is 13.4. The van der Waals surface area contributed by atoms with Crippen molar-refractivity contribution in [1.29, 1.82) is 0 Å². The van der Waals surface area contributed by atoms with Crippen LogP contribution in [0, 0.1) is 0 Å². The fourth-order valence-electron chi connectivity index (χ4n) is 2.29. The van der Waals surface area contributed by atoms with Crippen LogP contribution < -0.4 is 19.5 Å². The van der Waals surface area contributed by atoms with Gasteiger partial charge in [0, 0.05) is 28.8 Å². The summed E-state index contributed by atoms with van der Waals surface area (Å²) in [5.74, 6) is 2.28. The van der Waals surface area contributed by atoms with Crippen molar-refractivity contribution in [2.24, 2.45) is 0 Å². The van der Waals surface area contributed by atoms with Gasteiger partial charge in [0.1, 0.15) is 17.2 Å². The number of nitrogens with one attached hydrogen (secondary N) is 1. The number of thiazole rings is 1. The van der Waals surface area contributed by atoms with Crippen molar-refractivity contribution in [1.82, 2.24) is 4.98 Å². The van der Waals surface area contributed by atoms with Crippen LogP contribution in [0.5, 0.6) is 17.2 Å². The summed E-state index contributed by atoms with van der Waals surface area (Å²) in [5, 5.41) is 6.09. The molecule has 0 saturated heterocycles. The number of hydrogen-bond acceptors (Lipinski definition) is 6. The third-order valence-corrected chi connectivity index (χ3v) is 4.27. The number of methoxy groups -OCH3 is 3. The fraction of sp³-hybridized carbons (Fsp3) is 0.167. The Morgan fingerprint density at radius 1 is 0.917 bits per heavy atom. The number of aromatic nitrogens is 1. The van der Waals surface area contributed by atoms with Crippen LogP contribution in [0.2, 0.25) is 0 Å². The highest BCUT2D eigenvalue weighted by Gasteiger charge is 2.11. The minimum atomic E-state index is 0.729. The maximum absolute atomic E-state index is 5.45. The van der Waals surface area contributed by atoms with Gasteiger partial charge in [-0.3, -0.25) is 0 Å². The standard InChI is InChI=1S/C18H18N2O3S/c1-21-13-6-4-5-12(9-13)19-18-20-16(11-24-18)15-8-7-14(22-2)10-17(15)23-3/h4-11H,1-3H3,(H,19,20). The summed E-state index contributed by atoms with van der Waals surface area (Å²) in [5.41, 5.74) is 2.70. The normalized spacial score (nSPS) is 10.3. The molecular weight excluding hydrogens is 324 g/mol. The molecule has 0 spiro atoms. The largest absolute Gasteiger partial charge is 0.497 e. The third kappa shape index (κ3) is 3.44. The fourth-order valence-corrected chi connectivity index (χ4v) is 3.02. The van der Waals surface area contributed by atoms with Gasteiger partial charge in [0.05, 0.1) is 27.0 Å². The molecule has 0 atom stereocenters. The van der Waals surface area contributed by atoms with Crippen molar-refractivity contribution in [3.8, 4) is 28.5 Å². The van der Waals surface area contributed by atoms with Gasteiger partial charge in [-0.05, 0) is 24.3 Å². The van der Waals surface area contributed by atoms with Gasteiger partial charge < -0.3 is 19.5 Å². The second kappa shape index (κ2) is 7.23. The number of nitrogens with zero attached hydrogens (tertiary/aromatic N) is 1. The number of rotatable bonds is 6. The van der Waals surface area contributed by atoms with E-state index in [9.17, 15) is 0 Å². The molecular formula is C18H18N2O3S. The molecule has 3 rings (SSSR count). The quantitative estimate of drug-likeness (QED) is 0.710. The zero-order chi connectivity index (χ0) is 16.9. The maximum atomic E-state index is 5.45. The van der Waals surface area contributed by atoms with Crippen LogP contribution in [0.3, 0.4) is 0 Å². The average molecular weight is 342 g/mol. The molecule has 124 valence electrons. The summed E-state index contributed by atoms with van der Waals surface area (Å²) in [7, 11) is 4.92. The molecule has 24 heavy (non-hydrogen) atoms. The molecule has 0 bridgehead atoms. The van der Waals surface area contributed by atoms with Crippen LogP contribution in [-0.4, -0.2) is 26.3 Å². The molecule has 0 radical (unpaired) electrons. The van der Waals surface area contributed by atoms with Gasteiger partial charge in [-0.25, -0.2) is 4.98 Å². The number of anilines is 2. The number of benzene rings is 2. The van der Waals surface area contributed by atoms with E-state index in [1.807, 2.05) is 47.8 Å². The summed E-state index contributed by atoms with van der Waals surface area (Å²) in [6.07, 6.45) is 0. The lowest BCUT2D eigenvalue weighted by atomic mass is 10.1. The maximum Gasteiger partial charge on any atom is 0.187 e. The van der Waals surface area contributed by atoms with Gasteiger partial charge in [0.15, 0.2) is 5.13 Å². The van der Waals surface area contributed by atoms with Gasteiger partial charge in [-0.15, -0.1) is 11.3 Å². The van der Waals surface area contributed by atoms with Gasteiger partial charge >= 0.3 is 0 Å². The van der Waals surface area contributed by atoms with Crippen LogP contribution >= 0.6 is 11.3 Å². The van der Waals surface area contributed by atoms with Crippen LogP contribution in [0.15, 0.2) is 47.8 Å². The lowest BCUT2D eigenvalue weighted by Crippen LogP contribution is -1.92. The molecule has 0 aliphatic rings. The Hall–Kier alpha value is -2.73. The minimum absolute atomic E-state index is 0.729. The predicted molar refractivity (Wildman–Crippen MR) is 96.9 cm³/mol. The molecule has 0 saturated carbocycles. The lowest BCUT2D eigenvalue weighted by molar-refractivity contribution is 0.395. The van der Waals surface area contributed by atoms with Gasteiger partial charge in [-0.2, -0.15) is 0 Å². The first-order valence-electron chi connectivity index (χ1n) is 7.32. The second-order valence-electron chi connectivity index (χ2n) is 4.96. The summed E-state index contributed by atoms with van der Waals surface area (Å²) < 4.78 is 15.9. The molecule has 5 nitrogen and oxygen atoms in total. The van der Waals surface area contributed by atoms with Crippen molar-refractivity contribution in [2.75, 3.05) is 26.6 Å². The van der Waals surface area contributed by atoms with Crippen molar-refractivity contribution in [3.05, 3.63) is 47.8 Å². The van der Waals surface area contributed by atoms with E-state index in [1.165, 1.54) is 11.3 Å². The smallest absolute Gasteiger partial charge is 0.187 e. The topological polar surface area (TPSA) is 52.6 Å². The van der Waals surface area contributed by atoms with Crippen molar-refractivity contribution < 1.29 is 14.2 Å². The zero-order valence-electron chi connectivity index (χ0n) is 13.7. The molecule has 0 fully saturated rings. The number of hydrogen-bond donors (Lipinski definition) is 1. The molecule has 0 amide bonds. The highest BCUT2D eigenvalue weighted by Crippen LogP contribution is 2.35. The van der Waals surface area contributed by atoms with Crippen molar-refractivity contribution in [3.63, 3.8) is 0 Å². The van der Waals surface area contributed by atoms with E-state index >= 15 is 0 Å². The first-order chi connectivity index (χ1) is 11.7. The van der Waals surface area contributed by atoms with Gasteiger partial charge in [0.2, 0.25) is 0 Å². The highest BCUT2D eigenvalue weighted by molar-refractivity contribution is 7.14. The summed E-state index contributed by atoms with van der Waals surface area (Å²) in [6.45, 7) is 0. The molecule has 1 aromatic heterocycles. The Morgan fingerprint density at radius 3 is 2.46 bits per heavy atom. The summed E-state index contributed by atoms with van der Waals surface area (Å²) in [4.78, 5) is 4.64. The third-order valence-electron chi connectivity index (χ3n) is 3.51. The molecule has 6 heteroatoms. The van der Waals surface area contributed by atoms with E-state index in [0.29, 0.717) is 0 Å². The molecule has 0 aliphatic carbocycles. The van der Waals surface area contributed by atoms with E-state index in [4.69, 9.17) is 14.2 Å². The highest BCUT2D eigenvalue weighted by atomic mass is 32.1. The van der Waals surface area contributed by atoms with E-state index in [0.717, 1.165) is 39.3 Å². The lowest BCUT2D eigenvalue weighted by Gasteiger charge is -2.08. The molecule has 3 aromatic rings. The Bertz CT molecular complexity index is 833. The predicted octanol–water partition coefficient (Wildman–Crippen LogP) is 4.58. The first kappa shape index (κ1) is 16.1. The summed E-state index contributed by atoms with van der Waals surface area (Å²) >= 11 is 1.53. The average Bonchev–Trinajstić information content (AvgIpc) is 3.09. The van der Waals surface area contributed by atoms with Crippen molar-refractivity contribution in [2.45, 2.75) is 0 Å².